The predicted octanol–water partition coefficient (Wildman–Crippen LogP) is 5.28. The average molecular weight is 488 g/mol. The van der Waals surface area contributed by atoms with Crippen LogP contribution in [-0.2, 0) is 4.79 Å². The molecule has 0 aliphatic rings. The summed E-state index contributed by atoms with van der Waals surface area (Å²) in [6.07, 6.45) is 1.38. The average Bonchev–Trinajstić information content (AvgIpc) is 3.29. The molecule has 0 aliphatic carbocycles. The molecular formula is C26H18ClN3O5. The van der Waals surface area contributed by atoms with E-state index in [0.717, 1.165) is 10.1 Å². The summed E-state index contributed by atoms with van der Waals surface area (Å²) in [7, 11) is 1.57. The Hall–Kier alpha value is -4.43. The molecule has 2 heterocycles. The number of rotatable bonds is 5. The molecule has 0 saturated carbocycles. The van der Waals surface area contributed by atoms with Gasteiger partial charge in [-0.15, -0.1) is 0 Å². The zero-order valence-corrected chi connectivity index (χ0v) is 19.4. The van der Waals surface area contributed by atoms with E-state index in [9.17, 15) is 9.59 Å². The molecule has 0 bridgehead atoms. The third-order valence-electron chi connectivity index (χ3n) is 5.25. The number of carbonyl (C=O) groups excluding carboxylic acids is 1. The summed E-state index contributed by atoms with van der Waals surface area (Å²) in [5.74, 6) is 0.904. The van der Waals surface area contributed by atoms with Gasteiger partial charge in [-0.1, -0.05) is 29.8 Å². The summed E-state index contributed by atoms with van der Waals surface area (Å²) >= 11 is 6.14. The first-order valence-electron chi connectivity index (χ1n) is 10.6. The minimum atomic E-state index is -0.497. The topological polar surface area (TPSA) is 95.9 Å². The molecule has 0 unspecified atom stereocenters. The second-order valence-electron chi connectivity index (χ2n) is 7.57. The summed E-state index contributed by atoms with van der Waals surface area (Å²) in [6.45, 7) is 1.29. The summed E-state index contributed by atoms with van der Waals surface area (Å²) in [5, 5.41) is 5.93. The Balaban J connectivity index is 1.73. The van der Waals surface area contributed by atoms with Crippen molar-refractivity contribution in [1.29, 1.82) is 0 Å². The quantitative estimate of drug-likeness (QED) is 0.190. The van der Waals surface area contributed by atoms with Gasteiger partial charge in [-0.05, 0) is 48.5 Å². The van der Waals surface area contributed by atoms with E-state index in [1.54, 1.807) is 61.7 Å². The summed E-state index contributed by atoms with van der Waals surface area (Å²) in [4.78, 5) is 29.6. The first kappa shape index (κ1) is 22.4. The summed E-state index contributed by atoms with van der Waals surface area (Å²) in [6, 6.07) is 18.9. The number of fused-ring (bicyclic) bond motifs is 2. The number of esters is 1. The van der Waals surface area contributed by atoms with E-state index in [4.69, 9.17) is 25.5 Å². The van der Waals surface area contributed by atoms with E-state index in [0.29, 0.717) is 38.6 Å². The Morgan fingerprint density at radius 3 is 2.69 bits per heavy atom. The molecule has 3 aromatic carbocycles. The van der Waals surface area contributed by atoms with E-state index in [-0.39, 0.29) is 11.6 Å². The van der Waals surface area contributed by atoms with Crippen molar-refractivity contribution in [3.8, 4) is 23.1 Å². The van der Waals surface area contributed by atoms with Crippen molar-refractivity contribution in [3.63, 3.8) is 0 Å². The number of halogens is 1. The van der Waals surface area contributed by atoms with Gasteiger partial charge in [0, 0.05) is 17.5 Å². The van der Waals surface area contributed by atoms with Gasteiger partial charge in [0.2, 0.25) is 5.82 Å². The van der Waals surface area contributed by atoms with Crippen molar-refractivity contribution in [2.24, 2.45) is 5.10 Å². The monoisotopic (exact) mass is 487 g/mol. The van der Waals surface area contributed by atoms with E-state index in [1.807, 2.05) is 12.1 Å². The van der Waals surface area contributed by atoms with Gasteiger partial charge in [-0.25, -0.2) is 4.98 Å². The van der Waals surface area contributed by atoms with Crippen LogP contribution < -0.4 is 15.0 Å². The maximum absolute atomic E-state index is 13.4. The summed E-state index contributed by atoms with van der Waals surface area (Å²) < 4.78 is 17.8. The lowest BCUT2D eigenvalue weighted by molar-refractivity contribution is -0.131. The van der Waals surface area contributed by atoms with Crippen LogP contribution in [0, 0.1) is 0 Å². The van der Waals surface area contributed by atoms with Gasteiger partial charge in [0.25, 0.3) is 5.56 Å². The van der Waals surface area contributed by atoms with Crippen LogP contribution in [0.2, 0.25) is 5.02 Å². The highest BCUT2D eigenvalue weighted by molar-refractivity contribution is 6.31. The number of hydrogen-bond donors (Lipinski definition) is 0. The van der Waals surface area contributed by atoms with Crippen molar-refractivity contribution in [1.82, 2.24) is 9.66 Å². The largest absolute Gasteiger partial charge is 0.496 e. The smallest absolute Gasteiger partial charge is 0.308 e. The van der Waals surface area contributed by atoms with Crippen LogP contribution in [0.1, 0.15) is 12.5 Å². The SMILES string of the molecule is COc1cccc2oc(-c3nc4ccccc4c(=O)n3N=Cc3cc(Cl)ccc3OC(C)=O)cc12. The fourth-order valence-electron chi connectivity index (χ4n) is 3.70. The number of aromatic nitrogens is 2. The fraction of sp³-hybridized carbons (Fsp3) is 0.0769. The Kier molecular flexibility index (Phi) is 5.80. The Labute approximate surface area is 204 Å². The normalized spacial score (nSPS) is 11.4. The zero-order valence-electron chi connectivity index (χ0n) is 18.7. The number of methoxy groups -OCH3 is 1. The standard InChI is InChI=1S/C26H18ClN3O5/c1-15(31)34-21-11-10-17(27)12-16(21)14-28-30-25(29-20-7-4-3-6-18(20)26(30)32)24-13-19-22(33-2)8-5-9-23(19)35-24/h3-14H,1-2H3. The molecule has 5 aromatic rings. The van der Waals surface area contributed by atoms with Crippen LogP contribution >= 0.6 is 11.6 Å². The molecule has 174 valence electrons. The molecule has 0 amide bonds. The molecule has 8 nitrogen and oxygen atoms in total. The molecule has 0 spiro atoms. The fourth-order valence-corrected chi connectivity index (χ4v) is 3.88. The molecular weight excluding hydrogens is 470 g/mol. The Morgan fingerprint density at radius 1 is 1.06 bits per heavy atom. The predicted molar refractivity (Wildman–Crippen MR) is 134 cm³/mol. The first-order chi connectivity index (χ1) is 16.9. The summed E-state index contributed by atoms with van der Waals surface area (Å²) in [5.41, 5.74) is 1.08. The minimum Gasteiger partial charge on any atom is -0.496 e. The van der Waals surface area contributed by atoms with Crippen molar-refractivity contribution in [3.05, 3.63) is 87.7 Å². The lowest BCUT2D eigenvalue weighted by Crippen LogP contribution is -2.20. The minimum absolute atomic E-state index is 0.194. The zero-order chi connectivity index (χ0) is 24.5. The molecule has 0 aliphatic heterocycles. The number of hydrogen-bond acceptors (Lipinski definition) is 7. The molecule has 35 heavy (non-hydrogen) atoms. The molecule has 0 atom stereocenters. The molecule has 0 fully saturated rings. The van der Waals surface area contributed by atoms with Gasteiger partial charge in [-0.3, -0.25) is 9.59 Å². The third-order valence-corrected chi connectivity index (χ3v) is 5.49. The first-order valence-corrected chi connectivity index (χ1v) is 10.9. The van der Waals surface area contributed by atoms with Gasteiger partial charge >= 0.3 is 5.97 Å². The van der Waals surface area contributed by atoms with Crippen molar-refractivity contribution in [2.45, 2.75) is 6.92 Å². The van der Waals surface area contributed by atoms with Gasteiger partial charge in [0.05, 0.1) is 29.6 Å². The number of ether oxygens (including phenoxy) is 2. The molecule has 9 heteroatoms. The maximum atomic E-state index is 13.4. The lowest BCUT2D eigenvalue weighted by Gasteiger charge is -2.08. The second-order valence-corrected chi connectivity index (χ2v) is 8.01. The lowest BCUT2D eigenvalue weighted by atomic mass is 10.2. The Morgan fingerprint density at radius 2 is 1.89 bits per heavy atom. The van der Waals surface area contributed by atoms with E-state index in [1.165, 1.54) is 13.1 Å². The highest BCUT2D eigenvalue weighted by Gasteiger charge is 2.18. The van der Waals surface area contributed by atoms with Crippen LogP contribution in [-0.4, -0.2) is 29.0 Å². The van der Waals surface area contributed by atoms with Crippen LogP contribution in [0.4, 0.5) is 0 Å². The Bertz CT molecular complexity index is 1690. The highest BCUT2D eigenvalue weighted by Crippen LogP contribution is 2.33. The second kappa shape index (κ2) is 9.08. The van der Waals surface area contributed by atoms with Crippen LogP contribution in [0.3, 0.4) is 0 Å². The van der Waals surface area contributed by atoms with E-state index < -0.39 is 11.5 Å². The number of furan rings is 1. The van der Waals surface area contributed by atoms with Gasteiger partial charge in [-0.2, -0.15) is 9.78 Å². The van der Waals surface area contributed by atoms with Crippen molar-refractivity contribution in [2.75, 3.05) is 7.11 Å². The maximum Gasteiger partial charge on any atom is 0.308 e. The van der Waals surface area contributed by atoms with Crippen molar-refractivity contribution < 1.29 is 18.7 Å². The van der Waals surface area contributed by atoms with Gasteiger partial charge in [0.1, 0.15) is 17.1 Å². The molecule has 2 aromatic heterocycles. The van der Waals surface area contributed by atoms with E-state index >= 15 is 0 Å². The third kappa shape index (κ3) is 4.27. The number of nitrogens with zero attached hydrogens (tertiary/aromatic N) is 3. The molecule has 0 radical (unpaired) electrons. The van der Waals surface area contributed by atoms with Crippen LogP contribution in [0.25, 0.3) is 33.5 Å². The van der Waals surface area contributed by atoms with Gasteiger partial charge in [0.15, 0.2) is 5.76 Å². The molecule has 0 N–H and O–H groups in total. The molecule has 0 saturated heterocycles. The number of para-hydroxylation sites is 1. The number of carbonyl (C=O) groups is 1. The van der Waals surface area contributed by atoms with Crippen LogP contribution in [0.5, 0.6) is 11.5 Å². The van der Waals surface area contributed by atoms with Crippen molar-refractivity contribution >= 4 is 45.7 Å². The number of benzene rings is 3. The highest BCUT2D eigenvalue weighted by atomic mass is 35.5. The van der Waals surface area contributed by atoms with Crippen LogP contribution in [0.15, 0.2) is 81.0 Å². The van der Waals surface area contributed by atoms with Gasteiger partial charge < -0.3 is 13.9 Å². The molecule has 5 rings (SSSR count). The van der Waals surface area contributed by atoms with E-state index in [2.05, 4.69) is 10.1 Å².